The predicted molar refractivity (Wildman–Crippen MR) is 70.7 cm³/mol. The van der Waals surface area contributed by atoms with Crippen LogP contribution in [-0.4, -0.2) is 0 Å². The van der Waals surface area contributed by atoms with E-state index in [2.05, 4.69) is 49.4 Å². The molecule has 1 aromatic carbocycles. The van der Waals surface area contributed by atoms with Crippen LogP contribution in [0.4, 0.5) is 0 Å². The van der Waals surface area contributed by atoms with Gasteiger partial charge >= 0.3 is 0 Å². The topological polar surface area (TPSA) is 0 Å². The van der Waals surface area contributed by atoms with Crippen LogP contribution in [0.1, 0.15) is 24.5 Å². The SMILES string of the molecule is CCc1cccc(C2=[C-]CC=C2)c1.Cl.Cl.[Zr]. The second kappa shape index (κ2) is 9.22. The summed E-state index contributed by atoms with van der Waals surface area (Å²) in [6.07, 6.45) is 9.69. The van der Waals surface area contributed by atoms with Crippen molar-refractivity contribution in [3.05, 3.63) is 53.6 Å². The summed E-state index contributed by atoms with van der Waals surface area (Å²) in [5.41, 5.74) is 3.94. The van der Waals surface area contributed by atoms with Crippen molar-refractivity contribution in [2.75, 3.05) is 0 Å². The molecule has 2 rings (SSSR count). The maximum absolute atomic E-state index is 3.33. The van der Waals surface area contributed by atoms with E-state index in [9.17, 15) is 0 Å². The average molecular weight is 333 g/mol. The molecular weight excluding hydrogens is 318 g/mol. The molecule has 0 heterocycles. The number of allylic oxidation sites excluding steroid dienone is 4. The number of hydrogen-bond donors (Lipinski definition) is 0. The zero-order valence-electron chi connectivity index (χ0n) is 9.19. The molecule has 0 saturated heterocycles. The molecule has 0 radical (unpaired) electrons. The second-order valence-electron chi connectivity index (χ2n) is 3.25. The van der Waals surface area contributed by atoms with Crippen molar-refractivity contribution in [2.45, 2.75) is 19.8 Å². The minimum atomic E-state index is 0. The van der Waals surface area contributed by atoms with Gasteiger partial charge in [0.2, 0.25) is 0 Å². The van der Waals surface area contributed by atoms with Crippen LogP contribution in [0.5, 0.6) is 0 Å². The van der Waals surface area contributed by atoms with Crippen LogP contribution in [0.25, 0.3) is 5.57 Å². The van der Waals surface area contributed by atoms with Crippen molar-refractivity contribution >= 4 is 30.4 Å². The summed E-state index contributed by atoms with van der Waals surface area (Å²) < 4.78 is 0. The van der Waals surface area contributed by atoms with Crippen molar-refractivity contribution in [3.8, 4) is 0 Å². The van der Waals surface area contributed by atoms with Gasteiger partial charge in [-0.05, 0) is 6.42 Å². The van der Waals surface area contributed by atoms with Crippen LogP contribution in [-0.2, 0) is 32.6 Å². The number of hydrogen-bond acceptors (Lipinski definition) is 0. The summed E-state index contributed by atoms with van der Waals surface area (Å²) in [4.78, 5) is 0. The molecule has 86 valence electrons. The fourth-order valence-electron chi connectivity index (χ4n) is 1.56. The van der Waals surface area contributed by atoms with Crippen molar-refractivity contribution in [3.63, 3.8) is 0 Å². The molecule has 0 atom stereocenters. The Morgan fingerprint density at radius 1 is 1.25 bits per heavy atom. The van der Waals surface area contributed by atoms with Crippen molar-refractivity contribution in [1.29, 1.82) is 0 Å². The van der Waals surface area contributed by atoms with Crippen LogP contribution in [0.2, 0.25) is 0 Å². The third-order valence-electron chi connectivity index (χ3n) is 2.34. The fourth-order valence-corrected chi connectivity index (χ4v) is 1.56. The monoisotopic (exact) mass is 331 g/mol. The zero-order valence-corrected chi connectivity index (χ0v) is 13.3. The molecule has 0 aromatic heterocycles. The molecule has 0 bridgehead atoms. The Morgan fingerprint density at radius 2 is 2.00 bits per heavy atom. The third-order valence-corrected chi connectivity index (χ3v) is 2.34. The molecule has 0 fully saturated rings. The van der Waals surface area contributed by atoms with Crippen LogP contribution in [0.3, 0.4) is 0 Å². The molecule has 0 saturated carbocycles. The summed E-state index contributed by atoms with van der Waals surface area (Å²) >= 11 is 0. The van der Waals surface area contributed by atoms with Crippen LogP contribution in [0, 0.1) is 6.08 Å². The van der Waals surface area contributed by atoms with Gasteiger partial charge in [0.05, 0.1) is 0 Å². The molecule has 0 aliphatic heterocycles. The number of rotatable bonds is 2. The molecule has 0 nitrogen and oxygen atoms in total. The Kier molecular flexibility index (Phi) is 10.7. The van der Waals surface area contributed by atoms with E-state index in [-0.39, 0.29) is 51.0 Å². The van der Waals surface area contributed by atoms with Gasteiger partial charge in [0.1, 0.15) is 0 Å². The van der Waals surface area contributed by atoms with E-state index in [0.29, 0.717) is 0 Å². The average Bonchev–Trinajstić information content (AvgIpc) is 2.71. The second-order valence-corrected chi connectivity index (χ2v) is 3.25. The Hall–Kier alpha value is 0.163. The van der Waals surface area contributed by atoms with Crippen LogP contribution >= 0.6 is 24.8 Å². The van der Waals surface area contributed by atoms with E-state index in [4.69, 9.17) is 0 Å². The van der Waals surface area contributed by atoms with Crippen LogP contribution < -0.4 is 0 Å². The molecule has 16 heavy (non-hydrogen) atoms. The van der Waals surface area contributed by atoms with Gasteiger partial charge in [-0.2, -0.15) is 17.7 Å². The maximum Gasteiger partial charge on any atom is 0 e. The quantitative estimate of drug-likeness (QED) is 0.710. The van der Waals surface area contributed by atoms with E-state index in [1.807, 2.05) is 0 Å². The molecule has 0 unspecified atom stereocenters. The minimum Gasteiger partial charge on any atom is -0.197 e. The van der Waals surface area contributed by atoms with E-state index >= 15 is 0 Å². The van der Waals surface area contributed by atoms with Gasteiger partial charge in [-0.25, -0.2) is 0 Å². The van der Waals surface area contributed by atoms with E-state index < -0.39 is 0 Å². The summed E-state index contributed by atoms with van der Waals surface area (Å²) in [6, 6.07) is 8.69. The summed E-state index contributed by atoms with van der Waals surface area (Å²) in [6.45, 7) is 2.18. The Bertz CT molecular complexity index is 370. The maximum atomic E-state index is 3.33. The Balaban J connectivity index is 0. The molecular formula is C13H15Cl2Zr-. The Labute approximate surface area is 129 Å². The first kappa shape index (κ1) is 18.5. The van der Waals surface area contributed by atoms with Crippen molar-refractivity contribution in [2.24, 2.45) is 0 Å². The van der Waals surface area contributed by atoms with Crippen molar-refractivity contribution < 1.29 is 26.2 Å². The first-order valence-electron chi connectivity index (χ1n) is 4.77. The Morgan fingerprint density at radius 3 is 2.56 bits per heavy atom. The smallest absolute Gasteiger partial charge is 0 e. The largest absolute Gasteiger partial charge is 0.197 e. The van der Waals surface area contributed by atoms with Crippen molar-refractivity contribution in [1.82, 2.24) is 0 Å². The molecule has 0 N–H and O–H groups in total. The molecule has 1 aromatic rings. The summed E-state index contributed by atoms with van der Waals surface area (Å²) in [7, 11) is 0. The first-order chi connectivity index (χ1) is 6.40. The van der Waals surface area contributed by atoms with Gasteiger partial charge in [0.15, 0.2) is 0 Å². The number of benzene rings is 1. The summed E-state index contributed by atoms with van der Waals surface area (Å²) in [5, 5.41) is 0. The first-order valence-corrected chi connectivity index (χ1v) is 4.77. The molecule has 0 spiro atoms. The number of halogens is 2. The minimum absolute atomic E-state index is 0. The molecule has 1 aliphatic carbocycles. The van der Waals surface area contributed by atoms with Gasteiger partial charge in [0, 0.05) is 26.2 Å². The fraction of sp³-hybridized carbons (Fsp3) is 0.231. The zero-order chi connectivity index (χ0) is 9.10. The normalized spacial score (nSPS) is 11.9. The predicted octanol–water partition coefficient (Wildman–Crippen LogP) is 4.24. The third kappa shape index (κ3) is 4.57. The van der Waals surface area contributed by atoms with E-state index in [0.717, 1.165) is 12.8 Å². The van der Waals surface area contributed by atoms with Gasteiger partial charge in [-0.3, -0.25) is 0 Å². The van der Waals surface area contributed by atoms with Crippen LogP contribution in [0.15, 0.2) is 36.4 Å². The summed E-state index contributed by atoms with van der Waals surface area (Å²) in [5.74, 6) is 0. The van der Waals surface area contributed by atoms with E-state index in [1.54, 1.807) is 0 Å². The molecule has 3 heteroatoms. The van der Waals surface area contributed by atoms with Gasteiger partial charge < -0.3 is 0 Å². The van der Waals surface area contributed by atoms with E-state index in [1.165, 1.54) is 16.7 Å². The standard InChI is InChI=1S/C13H13.2ClH.Zr/c1-2-11-6-5-9-13(10-11)12-7-3-4-8-12;;;/h3,5-7,9-10H,2,4H2,1H3;2*1H;/q-1;;;. The van der Waals surface area contributed by atoms with Gasteiger partial charge in [0.25, 0.3) is 0 Å². The van der Waals surface area contributed by atoms with Gasteiger partial charge in [-0.15, -0.1) is 48.6 Å². The molecule has 0 amide bonds. The molecule has 1 aliphatic rings. The van der Waals surface area contributed by atoms with Gasteiger partial charge in [-0.1, -0.05) is 31.0 Å². The number of aryl methyl sites for hydroxylation is 1.